The third-order valence-electron chi connectivity index (χ3n) is 4.84. The van der Waals surface area contributed by atoms with Crippen molar-refractivity contribution in [3.63, 3.8) is 0 Å². The highest BCUT2D eigenvalue weighted by Crippen LogP contribution is 2.31. The van der Waals surface area contributed by atoms with Gasteiger partial charge in [-0.3, -0.25) is 10.1 Å². The van der Waals surface area contributed by atoms with Crippen molar-refractivity contribution in [1.29, 1.82) is 0 Å². The molecule has 152 valence electrons. The van der Waals surface area contributed by atoms with Crippen LogP contribution in [0.1, 0.15) is 49.0 Å². The van der Waals surface area contributed by atoms with Crippen LogP contribution in [0.3, 0.4) is 0 Å². The Hall–Kier alpha value is -2.64. The average molecular weight is 389 g/mol. The molecule has 0 bridgehead atoms. The number of hydrogen-bond donors (Lipinski definition) is 2. The molecule has 0 aliphatic heterocycles. The number of methoxy groups -OCH3 is 2. The van der Waals surface area contributed by atoms with E-state index >= 15 is 0 Å². The highest BCUT2D eigenvalue weighted by Gasteiger charge is 2.25. The fourth-order valence-corrected chi connectivity index (χ4v) is 3.25. The topological polar surface area (TPSA) is 102 Å². The first kappa shape index (κ1) is 21.7. The van der Waals surface area contributed by atoms with Gasteiger partial charge in [-0.15, -0.1) is 0 Å². The first-order chi connectivity index (χ1) is 13.5. The maximum absolute atomic E-state index is 11.4. The Morgan fingerprint density at radius 3 is 1.57 bits per heavy atom. The van der Waals surface area contributed by atoms with Crippen LogP contribution in [0.2, 0.25) is 0 Å². The molecule has 0 heterocycles. The van der Waals surface area contributed by atoms with Gasteiger partial charge in [0.05, 0.1) is 26.4 Å². The predicted octanol–water partition coefficient (Wildman–Crippen LogP) is 3.68. The molecule has 0 aliphatic carbocycles. The molecule has 0 radical (unpaired) electrons. The minimum Gasteiger partial charge on any atom is -0.496 e. The van der Waals surface area contributed by atoms with Gasteiger partial charge in [0, 0.05) is 28.9 Å². The minimum absolute atomic E-state index is 0.199. The quantitative estimate of drug-likeness (QED) is 0.449. The third kappa shape index (κ3) is 5.68. The molecule has 7 nitrogen and oxygen atoms in total. The SMILES string of the molecule is COc1ccccc1[C@H](O)CCC(CC[C@@H](O)c1ccccc1OC)[N+](=O)[O-]. The van der Waals surface area contributed by atoms with Crippen LogP contribution in [0.4, 0.5) is 0 Å². The molecule has 2 N–H and O–H groups in total. The molecule has 0 amide bonds. The van der Waals surface area contributed by atoms with Gasteiger partial charge in [0.1, 0.15) is 11.5 Å². The van der Waals surface area contributed by atoms with Crippen LogP contribution in [0.25, 0.3) is 0 Å². The Bertz CT molecular complexity index is 709. The smallest absolute Gasteiger partial charge is 0.213 e. The average Bonchev–Trinajstić information content (AvgIpc) is 2.72. The second-order valence-electron chi connectivity index (χ2n) is 6.61. The number of ether oxygens (including phenoxy) is 2. The molecule has 0 spiro atoms. The summed E-state index contributed by atoms with van der Waals surface area (Å²) in [5, 5.41) is 32.3. The summed E-state index contributed by atoms with van der Waals surface area (Å²) in [7, 11) is 3.04. The molecule has 0 aromatic heterocycles. The molecule has 2 rings (SSSR count). The summed E-state index contributed by atoms with van der Waals surface area (Å²) in [6.07, 6.45) is -0.834. The van der Waals surface area contributed by atoms with E-state index in [1.54, 1.807) is 48.5 Å². The standard InChI is InChI=1S/C21H27NO6/c1-27-20-9-5-3-7-16(20)18(23)13-11-15(22(25)26)12-14-19(24)17-8-4-6-10-21(17)28-2/h3-10,15,18-19,23-24H,11-14H2,1-2H3/t18-,19-/m1/s1. The first-order valence-electron chi connectivity index (χ1n) is 9.23. The van der Waals surface area contributed by atoms with E-state index in [-0.39, 0.29) is 30.6 Å². The lowest BCUT2D eigenvalue weighted by Gasteiger charge is -2.18. The van der Waals surface area contributed by atoms with E-state index < -0.39 is 18.2 Å². The molecule has 2 atom stereocenters. The van der Waals surface area contributed by atoms with E-state index in [2.05, 4.69) is 0 Å². The molecule has 0 unspecified atom stereocenters. The molecule has 7 heteroatoms. The Morgan fingerprint density at radius 1 is 0.821 bits per heavy atom. The normalized spacial score (nSPS) is 13.2. The van der Waals surface area contributed by atoms with Gasteiger partial charge in [0.15, 0.2) is 0 Å². The fourth-order valence-electron chi connectivity index (χ4n) is 3.25. The van der Waals surface area contributed by atoms with E-state index in [0.29, 0.717) is 22.6 Å². The van der Waals surface area contributed by atoms with E-state index in [1.165, 1.54) is 14.2 Å². The van der Waals surface area contributed by atoms with E-state index in [4.69, 9.17) is 9.47 Å². The van der Waals surface area contributed by atoms with Crippen molar-refractivity contribution in [3.05, 3.63) is 69.8 Å². The lowest BCUT2D eigenvalue weighted by Crippen LogP contribution is -2.21. The minimum atomic E-state index is -0.853. The second kappa shape index (κ2) is 10.6. The molecular weight excluding hydrogens is 362 g/mol. The number of aliphatic hydroxyl groups is 2. The Labute approximate surface area is 164 Å². The van der Waals surface area contributed by atoms with Gasteiger partial charge in [-0.25, -0.2) is 0 Å². The van der Waals surface area contributed by atoms with Crippen LogP contribution in [-0.2, 0) is 0 Å². The predicted molar refractivity (Wildman–Crippen MR) is 105 cm³/mol. The molecule has 2 aromatic rings. The van der Waals surface area contributed by atoms with Crippen molar-refractivity contribution >= 4 is 0 Å². The van der Waals surface area contributed by atoms with Crippen molar-refractivity contribution in [2.45, 2.75) is 43.9 Å². The van der Waals surface area contributed by atoms with Gasteiger partial charge in [0.2, 0.25) is 6.04 Å². The Morgan fingerprint density at radius 2 is 1.21 bits per heavy atom. The van der Waals surface area contributed by atoms with Crippen LogP contribution < -0.4 is 9.47 Å². The van der Waals surface area contributed by atoms with Crippen LogP contribution in [-0.4, -0.2) is 35.4 Å². The van der Waals surface area contributed by atoms with E-state index in [1.807, 2.05) is 0 Å². The van der Waals surface area contributed by atoms with Crippen molar-refractivity contribution in [2.75, 3.05) is 14.2 Å². The maximum atomic E-state index is 11.4. The lowest BCUT2D eigenvalue weighted by molar-refractivity contribution is -0.525. The van der Waals surface area contributed by atoms with E-state index in [9.17, 15) is 20.3 Å². The van der Waals surface area contributed by atoms with Crippen molar-refractivity contribution in [3.8, 4) is 11.5 Å². The number of para-hydroxylation sites is 2. The number of benzene rings is 2. The molecule has 2 aromatic carbocycles. The Balaban J connectivity index is 1.95. The summed E-state index contributed by atoms with van der Waals surface area (Å²) in [5.74, 6) is 1.11. The summed E-state index contributed by atoms with van der Waals surface area (Å²) in [6.45, 7) is 0. The number of aliphatic hydroxyl groups excluding tert-OH is 2. The zero-order valence-corrected chi connectivity index (χ0v) is 16.2. The lowest BCUT2D eigenvalue weighted by atomic mass is 9.96. The van der Waals surface area contributed by atoms with Gasteiger partial charge >= 0.3 is 0 Å². The largest absolute Gasteiger partial charge is 0.496 e. The van der Waals surface area contributed by atoms with Gasteiger partial charge in [-0.05, 0) is 25.0 Å². The summed E-state index contributed by atoms with van der Waals surface area (Å²) >= 11 is 0. The summed E-state index contributed by atoms with van der Waals surface area (Å²) in [5.41, 5.74) is 1.22. The van der Waals surface area contributed by atoms with E-state index in [0.717, 1.165) is 0 Å². The van der Waals surface area contributed by atoms with Crippen LogP contribution in [0, 0.1) is 10.1 Å². The number of nitro groups is 1. The molecular formula is C21H27NO6. The zero-order chi connectivity index (χ0) is 20.5. The monoisotopic (exact) mass is 389 g/mol. The molecule has 0 saturated heterocycles. The summed E-state index contributed by atoms with van der Waals surface area (Å²) in [6, 6.07) is 13.3. The van der Waals surface area contributed by atoms with Gasteiger partial charge in [-0.1, -0.05) is 36.4 Å². The fraction of sp³-hybridized carbons (Fsp3) is 0.429. The van der Waals surface area contributed by atoms with Gasteiger partial charge < -0.3 is 19.7 Å². The number of rotatable bonds is 11. The molecule has 0 aliphatic rings. The van der Waals surface area contributed by atoms with Crippen LogP contribution in [0.5, 0.6) is 11.5 Å². The zero-order valence-electron chi connectivity index (χ0n) is 16.2. The number of hydrogen-bond acceptors (Lipinski definition) is 6. The van der Waals surface area contributed by atoms with Gasteiger partial charge in [0.25, 0.3) is 0 Å². The van der Waals surface area contributed by atoms with Crippen molar-refractivity contribution < 1.29 is 24.6 Å². The second-order valence-corrected chi connectivity index (χ2v) is 6.61. The summed E-state index contributed by atoms with van der Waals surface area (Å²) in [4.78, 5) is 11.1. The molecule has 0 saturated carbocycles. The molecule has 28 heavy (non-hydrogen) atoms. The van der Waals surface area contributed by atoms with Crippen molar-refractivity contribution in [1.82, 2.24) is 0 Å². The maximum Gasteiger partial charge on any atom is 0.213 e. The van der Waals surface area contributed by atoms with Crippen LogP contribution in [0.15, 0.2) is 48.5 Å². The first-order valence-corrected chi connectivity index (χ1v) is 9.23. The Kier molecular flexibility index (Phi) is 8.22. The van der Waals surface area contributed by atoms with Crippen LogP contribution >= 0.6 is 0 Å². The highest BCUT2D eigenvalue weighted by atomic mass is 16.6. The summed E-state index contributed by atoms with van der Waals surface area (Å²) < 4.78 is 10.5. The third-order valence-corrected chi connectivity index (χ3v) is 4.84. The van der Waals surface area contributed by atoms with Crippen molar-refractivity contribution in [2.24, 2.45) is 0 Å². The molecule has 0 fully saturated rings. The number of nitrogens with zero attached hydrogens (tertiary/aromatic N) is 1. The highest BCUT2D eigenvalue weighted by molar-refractivity contribution is 5.35. The van der Waals surface area contributed by atoms with Gasteiger partial charge in [-0.2, -0.15) is 0 Å².